The van der Waals surface area contributed by atoms with Crippen LogP contribution in [0.25, 0.3) is 0 Å². The van der Waals surface area contributed by atoms with Crippen molar-refractivity contribution >= 4 is 0 Å². The quantitative estimate of drug-likeness (QED) is 0.879. The van der Waals surface area contributed by atoms with Gasteiger partial charge in [-0.25, -0.2) is 4.39 Å². The molecule has 19 heavy (non-hydrogen) atoms. The van der Waals surface area contributed by atoms with Crippen molar-refractivity contribution < 1.29 is 4.39 Å². The first-order valence-electron chi connectivity index (χ1n) is 6.72. The van der Waals surface area contributed by atoms with Crippen LogP contribution in [-0.4, -0.2) is 11.1 Å². The van der Waals surface area contributed by atoms with E-state index in [0.29, 0.717) is 13.1 Å². The van der Waals surface area contributed by atoms with Crippen LogP contribution in [-0.2, 0) is 13.0 Å². The number of hydrogen-bond acceptors (Lipinski definition) is 1. The summed E-state index contributed by atoms with van der Waals surface area (Å²) >= 11 is 0. The van der Waals surface area contributed by atoms with Gasteiger partial charge in [-0.3, -0.25) is 0 Å². The van der Waals surface area contributed by atoms with Gasteiger partial charge in [0.15, 0.2) is 0 Å². The van der Waals surface area contributed by atoms with E-state index < -0.39 is 0 Å². The van der Waals surface area contributed by atoms with Crippen molar-refractivity contribution in [3.05, 3.63) is 58.7 Å². The number of aromatic nitrogens is 1. The summed E-state index contributed by atoms with van der Waals surface area (Å²) in [5, 5.41) is 0. The Balaban J connectivity index is 2.26. The number of benzene rings is 1. The van der Waals surface area contributed by atoms with Crippen molar-refractivity contribution in [1.29, 1.82) is 0 Å². The minimum absolute atomic E-state index is 0.140. The molecule has 0 spiro atoms. The van der Waals surface area contributed by atoms with E-state index in [1.165, 1.54) is 23.0 Å². The maximum atomic E-state index is 13.7. The van der Waals surface area contributed by atoms with E-state index in [1.807, 2.05) is 12.1 Å². The van der Waals surface area contributed by atoms with Crippen LogP contribution >= 0.6 is 0 Å². The van der Waals surface area contributed by atoms with E-state index in [4.69, 9.17) is 5.73 Å². The summed E-state index contributed by atoms with van der Waals surface area (Å²) in [6.45, 7) is 5.46. The van der Waals surface area contributed by atoms with Crippen molar-refractivity contribution in [3.63, 3.8) is 0 Å². The molecule has 1 aromatic heterocycles. The maximum Gasteiger partial charge on any atom is 0.128 e. The summed E-state index contributed by atoms with van der Waals surface area (Å²) in [6.07, 6.45) is 1.98. The number of nitrogens with two attached hydrogens (primary N) is 1. The summed E-state index contributed by atoms with van der Waals surface area (Å²) < 4.78 is 15.9. The lowest BCUT2D eigenvalue weighted by atomic mass is 10.1. The Kier molecular flexibility index (Phi) is 4.38. The lowest BCUT2D eigenvalue weighted by Gasteiger charge is -2.11. The Morgan fingerprint density at radius 2 is 1.89 bits per heavy atom. The Morgan fingerprint density at radius 1 is 1.16 bits per heavy atom. The van der Waals surface area contributed by atoms with Crippen LogP contribution in [0.1, 0.15) is 28.9 Å². The normalized spacial score (nSPS) is 10.9. The standard InChI is InChI=1S/C16H21FN2/c1-12-10-14(7-5-9-18)13(2)19(12)11-15-6-3-4-8-16(15)17/h3-4,6,8,10H,5,7,9,11,18H2,1-2H3. The molecule has 0 saturated carbocycles. The average Bonchev–Trinajstić information content (AvgIpc) is 2.66. The average molecular weight is 260 g/mol. The fourth-order valence-electron chi connectivity index (χ4n) is 2.46. The van der Waals surface area contributed by atoms with Gasteiger partial charge < -0.3 is 10.3 Å². The second-order valence-electron chi connectivity index (χ2n) is 4.97. The lowest BCUT2D eigenvalue weighted by molar-refractivity contribution is 0.595. The molecule has 2 nitrogen and oxygen atoms in total. The molecular formula is C16H21FN2. The summed E-state index contributed by atoms with van der Waals surface area (Å²) in [6, 6.07) is 9.14. The molecule has 0 amide bonds. The highest BCUT2D eigenvalue weighted by Gasteiger charge is 2.10. The zero-order valence-corrected chi connectivity index (χ0v) is 11.6. The predicted molar refractivity (Wildman–Crippen MR) is 76.8 cm³/mol. The number of rotatable bonds is 5. The molecule has 1 heterocycles. The molecule has 0 aliphatic carbocycles. The van der Waals surface area contributed by atoms with E-state index >= 15 is 0 Å². The molecule has 0 radical (unpaired) electrons. The zero-order valence-electron chi connectivity index (χ0n) is 11.6. The topological polar surface area (TPSA) is 30.9 Å². The monoisotopic (exact) mass is 260 g/mol. The number of halogens is 1. The Hall–Kier alpha value is -1.61. The largest absolute Gasteiger partial charge is 0.344 e. The van der Waals surface area contributed by atoms with Gasteiger partial charge >= 0.3 is 0 Å². The maximum absolute atomic E-state index is 13.7. The molecule has 0 fully saturated rings. The second kappa shape index (κ2) is 6.02. The van der Waals surface area contributed by atoms with Gasteiger partial charge in [0.2, 0.25) is 0 Å². The van der Waals surface area contributed by atoms with Crippen LogP contribution in [0.15, 0.2) is 30.3 Å². The lowest BCUT2D eigenvalue weighted by Crippen LogP contribution is -2.06. The van der Waals surface area contributed by atoms with E-state index in [2.05, 4.69) is 24.5 Å². The predicted octanol–water partition coefficient (Wildman–Crippen LogP) is 3.18. The van der Waals surface area contributed by atoms with Crippen molar-refractivity contribution in [3.8, 4) is 0 Å². The van der Waals surface area contributed by atoms with Crippen molar-refractivity contribution in [2.45, 2.75) is 33.2 Å². The molecule has 0 unspecified atom stereocenters. The summed E-state index contributed by atoms with van der Waals surface area (Å²) in [7, 11) is 0. The van der Waals surface area contributed by atoms with Gasteiger partial charge in [-0.1, -0.05) is 18.2 Å². The first-order valence-corrected chi connectivity index (χ1v) is 6.72. The Labute approximate surface area is 114 Å². The molecule has 2 N–H and O–H groups in total. The first kappa shape index (κ1) is 13.8. The first-order chi connectivity index (χ1) is 9.13. The Morgan fingerprint density at radius 3 is 2.58 bits per heavy atom. The van der Waals surface area contributed by atoms with Crippen molar-refractivity contribution in [2.75, 3.05) is 6.54 Å². The van der Waals surface area contributed by atoms with E-state index in [9.17, 15) is 4.39 Å². The highest BCUT2D eigenvalue weighted by atomic mass is 19.1. The molecule has 0 bridgehead atoms. The number of nitrogens with zero attached hydrogens (tertiary/aromatic N) is 1. The fraction of sp³-hybridized carbons (Fsp3) is 0.375. The highest BCUT2D eigenvalue weighted by Crippen LogP contribution is 2.19. The Bertz CT molecular complexity index is 558. The minimum Gasteiger partial charge on any atom is -0.344 e. The third kappa shape index (κ3) is 3.04. The van der Waals surface area contributed by atoms with Crippen LogP contribution in [0.5, 0.6) is 0 Å². The van der Waals surface area contributed by atoms with Gasteiger partial charge in [-0.15, -0.1) is 0 Å². The van der Waals surface area contributed by atoms with Crippen molar-refractivity contribution in [1.82, 2.24) is 4.57 Å². The van der Waals surface area contributed by atoms with Gasteiger partial charge in [0.25, 0.3) is 0 Å². The van der Waals surface area contributed by atoms with Gasteiger partial charge in [0.1, 0.15) is 5.82 Å². The van der Waals surface area contributed by atoms with E-state index in [1.54, 1.807) is 6.07 Å². The molecule has 0 aliphatic heterocycles. The van der Waals surface area contributed by atoms with Gasteiger partial charge in [-0.05, 0) is 50.9 Å². The molecule has 3 heteroatoms. The fourth-order valence-corrected chi connectivity index (χ4v) is 2.46. The van der Waals surface area contributed by atoms with Crippen LogP contribution < -0.4 is 5.73 Å². The zero-order chi connectivity index (χ0) is 13.8. The van der Waals surface area contributed by atoms with E-state index in [-0.39, 0.29) is 5.82 Å². The van der Waals surface area contributed by atoms with Gasteiger partial charge in [-0.2, -0.15) is 0 Å². The second-order valence-corrected chi connectivity index (χ2v) is 4.97. The molecule has 102 valence electrons. The SMILES string of the molecule is Cc1cc(CCCN)c(C)n1Cc1ccccc1F. The third-order valence-corrected chi connectivity index (χ3v) is 3.62. The molecule has 0 saturated heterocycles. The number of hydrogen-bond donors (Lipinski definition) is 1. The molecule has 1 aromatic carbocycles. The molecule has 0 atom stereocenters. The van der Waals surface area contributed by atoms with E-state index in [0.717, 1.165) is 18.4 Å². The number of aryl methyl sites for hydroxylation is 2. The van der Waals surface area contributed by atoms with Crippen LogP contribution in [0, 0.1) is 19.7 Å². The van der Waals surface area contributed by atoms with Gasteiger partial charge in [0, 0.05) is 17.0 Å². The van der Waals surface area contributed by atoms with Crippen LogP contribution in [0.4, 0.5) is 4.39 Å². The molecule has 2 aromatic rings. The highest BCUT2D eigenvalue weighted by molar-refractivity contribution is 5.29. The van der Waals surface area contributed by atoms with Crippen LogP contribution in [0.2, 0.25) is 0 Å². The smallest absolute Gasteiger partial charge is 0.128 e. The van der Waals surface area contributed by atoms with Crippen molar-refractivity contribution in [2.24, 2.45) is 5.73 Å². The summed E-state index contributed by atoms with van der Waals surface area (Å²) in [4.78, 5) is 0. The minimum atomic E-state index is -0.140. The van der Waals surface area contributed by atoms with Gasteiger partial charge in [0.05, 0.1) is 6.54 Å². The molecule has 0 aliphatic rings. The summed E-state index contributed by atoms with van der Waals surface area (Å²) in [5.74, 6) is -0.140. The van der Waals surface area contributed by atoms with Crippen LogP contribution in [0.3, 0.4) is 0 Å². The summed E-state index contributed by atoms with van der Waals surface area (Å²) in [5.41, 5.74) is 10.00. The molecule has 2 rings (SSSR count). The third-order valence-electron chi connectivity index (χ3n) is 3.62. The molecular weight excluding hydrogens is 239 g/mol.